The number of piperidine rings is 1. The molecule has 3 atom stereocenters. The quantitative estimate of drug-likeness (QED) is 0.0816. The zero-order valence-electron chi connectivity index (χ0n) is 35.6. The summed E-state index contributed by atoms with van der Waals surface area (Å²) in [4.78, 5) is 58.9. The van der Waals surface area contributed by atoms with Gasteiger partial charge in [-0.3, -0.25) is 19.7 Å². The molecule has 2 aliphatic heterocycles. The van der Waals surface area contributed by atoms with Crippen LogP contribution in [0.15, 0.2) is 144 Å². The number of fused-ring (bicyclic) bond motifs is 1. The minimum atomic E-state index is -0.850. The lowest BCUT2D eigenvalue weighted by molar-refractivity contribution is -0.118. The zero-order valence-corrected chi connectivity index (χ0v) is 35.6. The number of benzene rings is 4. The molecule has 7 rings (SSSR count). The number of rotatable bonds is 16. The molecule has 3 unspecified atom stereocenters. The minimum absolute atomic E-state index is 0.0126. The van der Waals surface area contributed by atoms with Crippen molar-refractivity contribution in [2.75, 3.05) is 43.4 Å². The first-order chi connectivity index (χ1) is 30.5. The molecule has 0 saturated carbocycles. The van der Waals surface area contributed by atoms with Gasteiger partial charge < -0.3 is 35.4 Å². The first-order valence-corrected chi connectivity index (χ1v) is 21.4. The van der Waals surface area contributed by atoms with Crippen LogP contribution in [0.4, 0.5) is 16.2 Å². The monoisotopic (exact) mass is 850 g/mol. The van der Waals surface area contributed by atoms with Crippen molar-refractivity contribution in [2.24, 2.45) is 10.9 Å². The van der Waals surface area contributed by atoms with Gasteiger partial charge in [0.2, 0.25) is 5.91 Å². The van der Waals surface area contributed by atoms with E-state index in [4.69, 9.17) is 4.74 Å². The zero-order chi connectivity index (χ0) is 44.3. The van der Waals surface area contributed by atoms with Crippen molar-refractivity contribution >= 4 is 40.9 Å². The van der Waals surface area contributed by atoms with Crippen molar-refractivity contribution in [3.05, 3.63) is 155 Å². The van der Waals surface area contributed by atoms with Crippen molar-refractivity contribution < 1.29 is 34.1 Å². The summed E-state index contributed by atoms with van der Waals surface area (Å²) in [6.45, 7) is 4.60. The molecule has 1 saturated heterocycles. The fourth-order valence-corrected chi connectivity index (χ4v) is 8.10. The van der Waals surface area contributed by atoms with Crippen molar-refractivity contribution in [3.8, 4) is 11.1 Å². The smallest absolute Gasteiger partial charge is 0.411 e. The van der Waals surface area contributed by atoms with Crippen molar-refractivity contribution in [1.29, 1.82) is 0 Å². The number of amides is 4. The summed E-state index contributed by atoms with van der Waals surface area (Å²) in [7, 11) is 1.72. The van der Waals surface area contributed by atoms with Crippen LogP contribution in [-0.2, 0) is 27.3 Å². The number of carbonyl (C=O) groups is 4. The number of para-hydroxylation sites is 1. The number of dihydropyridines is 1. The van der Waals surface area contributed by atoms with Crippen LogP contribution < -0.4 is 20.9 Å². The van der Waals surface area contributed by atoms with Gasteiger partial charge in [0, 0.05) is 81.0 Å². The molecule has 4 aromatic rings. The van der Waals surface area contributed by atoms with Gasteiger partial charge in [-0.05, 0) is 78.8 Å². The highest BCUT2D eigenvalue weighted by Gasteiger charge is 2.31. The molecule has 1 fully saturated rings. The normalized spacial score (nSPS) is 17.3. The average Bonchev–Trinajstić information content (AvgIpc) is 3.30. The van der Waals surface area contributed by atoms with Crippen LogP contribution in [0.5, 0.6) is 0 Å². The molecule has 5 N–H and O–H groups in total. The van der Waals surface area contributed by atoms with E-state index >= 15 is 0 Å². The molecule has 326 valence electrons. The maximum Gasteiger partial charge on any atom is 0.411 e. The summed E-state index contributed by atoms with van der Waals surface area (Å²) in [5.41, 5.74) is 6.59. The lowest BCUT2D eigenvalue weighted by atomic mass is 9.83. The molecular weight excluding hydrogens is 797 g/mol. The largest absolute Gasteiger partial charge is 0.506 e. The first-order valence-electron chi connectivity index (χ1n) is 21.4. The number of likely N-dealkylation sites (tertiary alicyclic amines) is 1. The molecule has 4 aromatic carbocycles. The minimum Gasteiger partial charge on any atom is -0.506 e. The van der Waals surface area contributed by atoms with E-state index in [-0.39, 0.29) is 42.0 Å². The highest BCUT2D eigenvalue weighted by atomic mass is 16.6. The van der Waals surface area contributed by atoms with Gasteiger partial charge in [-0.2, -0.15) is 0 Å². The average molecular weight is 851 g/mol. The number of aliphatic hydroxyl groups is 2. The van der Waals surface area contributed by atoms with Gasteiger partial charge in [0.15, 0.2) is 0 Å². The molecule has 4 amide bonds. The summed E-state index contributed by atoms with van der Waals surface area (Å²) in [5, 5.41) is 30.5. The second-order valence-corrected chi connectivity index (χ2v) is 16.2. The topological polar surface area (TPSA) is 173 Å². The van der Waals surface area contributed by atoms with Crippen molar-refractivity contribution in [3.63, 3.8) is 0 Å². The van der Waals surface area contributed by atoms with Gasteiger partial charge >= 0.3 is 6.09 Å². The Morgan fingerprint density at radius 1 is 0.921 bits per heavy atom. The Kier molecular flexibility index (Phi) is 14.7. The Morgan fingerprint density at radius 3 is 2.48 bits per heavy atom. The molecule has 13 heteroatoms. The predicted molar refractivity (Wildman–Crippen MR) is 245 cm³/mol. The molecule has 1 aliphatic carbocycles. The van der Waals surface area contributed by atoms with Crippen molar-refractivity contribution in [2.45, 2.75) is 57.4 Å². The van der Waals surface area contributed by atoms with E-state index in [0.717, 1.165) is 22.3 Å². The van der Waals surface area contributed by atoms with Crippen LogP contribution in [0.3, 0.4) is 0 Å². The van der Waals surface area contributed by atoms with Crippen LogP contribution in [0.25, 0.3) is 11.1 Å². The van der Waals surface area contributed by atoms with Crippen LogP contribution >= 0.6 is 0 Å². The number of aliphatic hydroxyl groups excluding tert-OH is 2. The third kappa shape index (κ3) is 11.8. The van der Waals surface area contributed by atoms with Gasteiger partial charge in [-0.25, -0.2) is 9.79 Å². The summed E-state index contributed by atoms with van der Waals surface area (Å²) in [6.07, 6.45) is 6.91. The van der Waals surface area contributed by atoms with Crippen LogP contribution in [0, 0.1) is 5.92 Å². The number of anilines is 2. The highest BCUT2D eigenvalue weighted by Crippen LogP contribution is 2.30. The number of allylic oxidation sites excluding steroid dienone is 4. The molecule has 0 spiro atoms. The Hall–Kier alpha value is -6.67. The summed E-state index contributed by atoms with van der Waals surface area (Å²) < 4.78 is 5.78. The standard InChI is InChI=1S/C50H54N6O7/c1-33(51-32-45(58)41-18-20-44(57)48-42(41)19-21-46(59)54-48)28-34-10-8-11-35(29-34)31-52-49(61)37-14-9-15-38(30-37)55(2)47(60)24-27-56-25-22-39(23-26-56)63-50(62)53-43-17-7-6-16-40(43)36-12-4-3-5-13-36/h3-21,29-30,33,39,42,45,51,57-58H,22-28,31-32H2,1-2H3,(H,52,61)(H,53,62). The van der Waals surface area contributed by atoms with E-state index in [0.29, 0.717) is 74.4 Å². The number of aliphatic imine (C=N–C) groups is 1. The van der Waals surface area contributed by atoms with E-state index < -0.39 is 24.0 Å². The Morgan fingerprint density at radius 2 is 1.67 bits per heavy atom. The predicted octanol–water partition coefficient (Wildman–Crippen LogP) is 6.77. The van der Waals surface area contributed by atoms with Gasteiger partial charge in [-0.15, -0.1) is 0 Å². The summed E-state index contributed by atoms with van der Waals surface area (Å²) in [6, 6.07) is 32.5. The molecule has 0 aromatic heterocycles. The Balaban J connectivity index is 0.818. The third-order valence-corrected chi connectivity index (χ3v) is 11.6. The van der Waals surface area contributed by atoms with Crippen molar-refractivity contribution in [1.82, 2.24) is 15.5 Å². The molecular formula is C50H54N6O7. The van der Waals surface area contributed by atoms with Gasteiger partial charge in [-0.1, -0.05) is 91.0 Å². The second kappa shape index (κ2) is 20.9. The van der Waals surface area contributed by atoms with Crippen LogP contribution in [0.1, 0.15) is 47.7 Å². The molecule has 13 nitrogen and oxygen atoms in total. The number of ether oxygens (including phenoxy) is 1. The lowest BCUT2D eigenvalue weighted by Crippen LogP contribution is -2.40. The van der Waals surface area contributed by atoms with E-state index in [9.17, 15) is 29.4 Å². The molecule has 2 heterocycles. The molecule has 0 bridgehead atoms. The fourth-order valence-electron chi connectivity index (χ4n) is 8.10. The Bertz CT molecular complexity index is 2420. The Labute approximate surface area is 367 Å². The second-order valence-electron chi connectivity index (χ2n) is 16.2. The van der Waals surface area contributed by atoms with Gasteiger partial charge in [0.25, 0.3) is 11.8 Å². The lowest BCUT2D eigenvalue weighted by Gasteiger charge is -2.31. The van der Waals surface area contributed by atoms with Gasteiger partial charge in [0.05, 0.1) is 17.5 Å². The first kappa shape index (κ1) is 44.4. The summed E-state index contributed by atoms with van der Waals surface area (Å²) in [5.74, 6) is -1.29. The number of hydrogen-bond donors (Lipinski definition) is 5. The summed E-state index contributed by atoms with van der Waals surface area (Å²) >= 11 is 0. The van der Waals surface area contributed by atoms with E-state index in [1.807, 2.05) is 91.9 Å². The number of nitrogens with zero attached hydrogens (tertiary/aromatic N) is 3. The van der Waals surface area contributed by atoms with E-state index in [2.05, 4.69) is 25.8 Å². The molecule has 0 radical (unpaired) electrons. The van der Waals surface area contributed by atoms with Crippen LogP contribution in [-0.4, -0.2) is 96.1 Å². The van der Waals surface area contributed by atoms with E-state index in [1.54, 1.807) is 42.3 Å². The molecule has 63 heavy (non-hydrogen) atoms. The highest BCUT2D eigenvalue weighted by molar-refractivity contribution is 6.13. The maximum absolute atomic E-state index is 13.3. The number of hydrogen-bond acceptors (Lipinski definition) is 9. The number of nitrogens with one attached hydrogen (secondary N) is 3. The maximum atomic E-state index is 13.3. The molecule has 3 aliphatic rings. The van der Waals surface area contributed by atoms with Gasteiger partial charge in [0.1, 0.15) is 11.9 Å². The third-order valence-electron chi connectivity index (χ3n) is 11.6. The van der Waals surface area contributed by atoms with E-state index in [1.165, 1.54) is 12.2 Å². The van der Waals surface area contributed by atoms with Crippen LogP contribution in [0.2, 0.25) is 0 Å². The SMILES string of the molecule is CC(Cc1cccc(CNC(=O)c2cccc(N(C)C(=O)CCN3CCC(OC(=O)Nc4ccccc4-c4ccccc4)CC3)c2)c1)NCC(O)C1=CC=C(O)C2=NC(=O)C=CC12. The fraction of sp³-hybridized carbons (Fsp3) is 0.300. The number of carbonyl (C=O) groups excluding carboxylic acids is 4.